The van der Waals surface area contributed by atoms with Gasteiger partial charge < -0.3 is 16.0 Å². The molecule has 112 valence electrons. The molecule has 1 fully saturated rings. The van der Waals surface area contributed by atoms with E-state index in [2.05, 4.69) is 16.0 Å². The van der Waals surface area contributed by atoms with Crippen molar-refractivity contribution >= 4 is 24.2 Å². The van der Waals surface area contributed by atoms with Crippen LogP contribution in [-0.2, 0) is 9.59 Å². The number of nitrogens with one attached hydrogen (secondary N) is 3. The number of hydrogen-bond acceptors (Lipinski definition) is 3. The van der Waals surface area contributed by atoms with Crippen molar-refractivity contribution in [2.75, 3.05) is 26.2 Å². The predicted octanol–water partition coefficient (Wildman–Crippen LogP) is 0.686. The van der Waals surface area contributed by atoms with Gasteiger partial charge in [0, 0.05) is 12.0 Å². The van der Waals surface area contributed by atoms with Crippen molar-refractivity contribution in [1.82, 2.24) is 16.0 Å². The Bertz CT molecular complexity index is 297. The van der Waals surface area contributed by atoms with Crippen LogP contribution in [-0.4, -0.2) is 38.0 Å². The zero-order valence-corrected chi connectivity index (χ0v) is 12.9. The molecule has 0 spiro atoms. The Morgan fingerprint density at radius 3 is 2.47 bits per heavy atom. The van der Waals surface area contributed by atoms with E-state index in [9.17, 15) is 9.59 Å². The van der Waals surface area contributed by atoms with Crippen molar-refractivity contribution in [2.45, 2.75) is 33.6 Å². The highest BCUT2D eigenvalue weighted by molar-refractivity contribution is 5.87. The number of halogens is 1. The van der Waals surface area contributed by atoms with E-state index in [1.807, 2.05) is 20.8 Å². The Labute approximate surface area is 121 Å². The van der Waals surface area contributed by atoms with Crippen molar-refractivity contribution < 1.29 is 9.59 Å². The third-order valence-corrected chi connectivity index (χ3v) is 3.08. The van der Waals surface area contributed by atoms with Gasteiger partial charge >= 0.3 is 0 Å². The molecule has 1 heterocycles. The minimum Gasteiger partial charge on any atom is -0.354 e. The first kappa shape index (κ1) is 18.2. The maximum absolute atomic E-state index is 11.6. The van der Waals surface area contributed by atoms with E-state index < -0.39 is 5.41 Å². The molecule has 0 saturated carbocycles. The van der Waals surface area contributed by atoms with Crippen molar-refractivity contribution in [3.63, 3.8) is 0 Å². The quantitative estimate of drug-likeness (QED) is 0.714. The molecule has 1 aliphatic heterocycles. The molecule has 0 aromatic heterocycles. The molecule has 1 rings (SSSR count). The number of hydrogen-bond donors (Lipinski definition) is 3. The van der Waals surface area contributed by atoms with E-state index in [4.69, 9.17) is 0 Å². The van der Waals surface area contributed by atoms with Crippen molar-refractivity contribution in [2.24, 2.45) is 11.3 Å². The standard InChI is InChI=1S/C13H25N3O2.ClH/c1-13(2,3)12(18)16-9-11(17)15-8-10-5-4-6-14-7-10;/h10,14H,4-9H2,1-3H3,(H,15,17)(H,16,18);1H. The SMILES string of the molecule is CC(C)(C)C(=O)NCC(=O)NCC1CCCNC1.Cl. The minimum atomic E-state index is -0.451. The van der Waals surface area contributed by atoms with Crippen LogP contribution in [0.4, 0.5) is 0 Å². The second-order valence-corrected chi connectivity index (χ2v) is 5.95. The fraction of sp³-hybridized carbons (Fsp3) is 0.846. The summed E-state index contributed by atoms with van der Waals surface area (Å²) in [6.45, 7) is 8.28. The number of amides is 2. The third-order valence-electron chi connectivity index (χ3n) is 3.08. The molecular formula is C13H26ClN3O2. The highest BCUT2D eigenvalue weighted by Crippen LogP contribution is 2.12. The molecular weight excluding hydrogens is 266 g/mol. The van der Waals surface area contributed by atoms with Crippen LogP contribution >= 0.6 is 12.4 Å². The molecule has 0 bridgehead atoms. The Hall–Kier alpha value is -0.810. The fourth-order valence-electron chi connectivity index (χ4n) is 1.84. The van der Waals surface area contributed by atoms with Crippen LogP contribution in [0.1, 0.15) is 33.6 Å². The second-order valence-electron chi connectivity index (χ2n) is 5.95. The average Bonchev–Trinajstić information content (AvgIpc) is 2.33. The number of rotatable bonds is 4. The lowest BCUT2D eigenvalue weighted by Gasteiger charge is -2.23. The Kier molecular flexibility index (Phi) is 8.02. The summed E-state index contributed by atoms with van der Waals surface area (Å²) >= 11 is 0. The van der Waals surface area contributed by atoms with E-state index >= 15 is 0 Å². The summed E-state index contributed by atoms with van der Waals surface area (Å²) in [6, 6.07) is 0. The maximum atomic E-state index is 11.6. The normalized spacial score (nSPS) is 19.2. The lowest BCUT2D eigenvalue weighted by atomic mass is 9.96. The highest BCUT2D eigenvalue weighted by atomic mass is 35.5. The van der Waals surface area contributed by atoms with Crippen LogP contribution in [0.2, 0.25) is 0 Å². The van der Waals surface area contributed by atoms with Gasteiger partial charge in [-0.1, -0.05) is 20.8 Å². The molecule has 0 radical (unpaired) electrons. The molecule has 1 aliphatic rings. The molecule has 0 aromatic rings. The summed E-state index contributed by atoms with van der Waals surface area (Å²) in [5, 5.41) is 8.82. The summed E-state index contributed by atoms with van der Waals surface area (Å²) in [4.78, 5) is 23.1. The van der Waals surface area contributed by atoms with Crippen LogP contribution in [0.25, 0.3) is 0 Å². The van der Waals surface area contributed by atoms with Crippen LogP contribution in [0.3, 0.4) is 0 Å². The van der Waals surface area contributed by atoms with Crippen LogP contribution < -0.4 is 16.0 Å². The van der Waals surface area contributed by atoms with Gasteiger partial charge in [0.2, 0.25) is 11.8 Å². The number of carbonyl (C=O) groups is 2. The van der Waals surface area contributed by atoms with Gasteiger partial charge in [-0.2, -0.15) is 0 Å². The van der Waals surface area contributed by atoms with Crippen LogP contribution in [0, 0.1) is 11.3 Å². The topological polar surface area (TPSA) is 70.2 Å². The first-order valence-corrected chi connectivity index (χ1v) is 6.65. The molecule has 1 saturated heterocycles. The second kappa shape index (κ2) is 8.38. The maximum Gasteiger partial charge on any atom is 0.239 e. The number of piperidine rings is 1. The third kappa shape index (κ3) is 7.38. The number of carbonyl (C=O) groups excluding carboxylic acids is 2. The molecule has 0 aromatic carbocycles. The molecule has 1 atom stereocenters. The zero-order valence-electron chi connectivity index (χ0n) is 12.0. The summed E-state index contributed by atoms with van der Waals surface area (Å²) in [7, 11) is 0. The van der Waals surface area contributed by atoms with Gasteiger partial charge in [-0.05, 0) is 31.8 Å². The van der Waals surface area contributed by atoms with Gasteiger partial charge in [0.05, 0.1) is 6.54 Å². The van der Waals surface area contributed by atoms with Crippen LogP contribution in [0.15, 0.2) is 0 Å². The van der Waals surface area contributed by atoms with Crippen molar-refractivity contribution in [3.05, 3.63) is 0 Å². The smallest absolute Gasteiger partial charge is 0.239 e. The van der Waals surface area contributed by atoms with E-state index in [1.165, 1.54) is 6.42 Å². The van der Waals surface area contributed by atoms with E-state index in [1.54, 1.807) is 0 Å². The summed E-state index contributed by atoms with van der Waals surface area (Å²) in [5.74, 6) is 0.302. The lowest BCUT2D eigenvalue weighted by molar-refractivity contribution is -0.131. The summed E-state index contributed by atoms with van der Waals surface area (Å²) in [6.07, 6.45) is 2.32. The van der Waals surface area contributed by atoms with Crippen molar-refractivity contribution in [1.29, 1.82) is 0 Å². The Balaban J connectivity index is 0.00000324. The summed E-state index contributed by atoms with van der Waals surface area (Å²) in [5.41, 5.74) is -0.451. The van der Waals surface area contributed by atoms with Gasteiger partial charge in [-0.25, -0.2) is 0 Å². The predicted molar refractivity (Wildman–Crippen MR) is 78.3 cm³/mol. The molecule has 19 heavy (non-hydrogen) atoms. The molecule has 6 heteroatoms. The van der Waals surface area contributed by atoms with E-state index in [0.29, 0.717) is 12.5 Å². The van der Waals surface area contributed by atoms with Gasteiger partial charge in [0.15, 0.2) is 0 Å². The van der Waals surface area contributed by atoms with E-state index in [0.717, 1.165) is 19.5 Å². The molecule has 5 nitrogen and oxygen atoms in total. The van der Waals surface area contributed by atoms with Gasteiger partial charge in [0.25, 0.3) is 0 Å². The summed E-state index contributed by atoms with van der Waals surface area (Å²) < 4.78 is 0. The largest absolute Gasteiger partial charge is 0.354 e. The average molecular weight is 292 g/mol. The molecule has 1 unspecified atom stereocenters. The first-order chi connectivity index (χ1) is 8.39. The van der Waals surface area contributed by atoms with E-state index in [-0.39, 0.29) is 30.8 Å². The first-order valence-electron chi connectivity index (χ1n) is 6.65. The monoisotopic (exact) mass is 291 g/mol. The van der Waals surface area contributed by atoms with Crippen LogP contribution in [0.5, 0.6) is 0 Å². The van der Waals surface area contributed by atoms with Gasteiger partial charge in [-0.3, -0.25) is 9.59 Å². The molecule has 2 amide bonds. The lowest BCUT2D eigenvalue weighted by Crippen LogP contribution is -2.44. The Morgan fingerprint density at radius 1 is 1.26 bits per heavy atom. The van der Waals surface area contributed by atoms with Gasteiger partial charge in [0.1, 0.15) is 0 Å². The molecule has 0 aliphatic carbocycles. The van der Waals surface area contributed by atoms with Crippen molar-refractivity contribution in [3.8, 4) is 0 Å². The highest BCUT2D eigenvalue weighted by Gasteiger charge is 2.21. The molecule has 3 N–H and O–H groups in total. The van der Waals surface area contributed by atoms with Gasteiger partial charge in [-0.15, -0.1) is 12.4 Å². The Morgan fingerprint density at radius 2 is 1.95 bits per heavy atom. The minimum absolute atomic E-state index is 0. The fourth-order valence-corrected chi connectivity index (χ4v) is 1.84. The zero-order chi connectivity index (χ0) is 13.6.